The minimum absolute atomic E-state index is 0.268. The van der Waals surface area contributed by atoms with Crippen LogP contribution in [0.15, 0.2) is 30.8 Å². The Kier molecular flexibility index (Phi) is 1.41. The van der Waals surface area contributed by atoms with Gasteiger partial charge in [0.05, 0.1) is 0 Å². The molecular formula is C12H14. The third-order valence-corrected chi connectivity index (χ3v) is 2.79. The lowest BCUT2D eigenvalue weighted by Gasteiger charge is -2.18. The van der Waals surface area contributed by atoms with Crippen molar-refractivity contribution in [2.45, 2.75) is 20.3 Å². The van der Waals surface area contributed by atoms with Crippen LogP contribution in [0.5, 0.6) is 0 Å². The largest absolute Gasteiger partial charge is 0.0947 e. The highest BCUT2D eigenvalue weighted by atomic mass is 14.3. The van der Waals surface area contributed by atoms with Crippen molar-refractivity contribution in [1.29, 1.82) is 0 Å². The van der Waals surface area contributed by atoms with E-state index in [-0.39, 0.29) is 5.41 Å². The summed E-state index contributed by atoms with van der Waals surface area (Å²) in [4.78, 5) is 0. The smallest absolute Gasteiger partial charge is 0.00628 e. The summed E-state index contributed by atoms with van der Waals surface area (Å²) in [6.45, 7) is 8.67. The van der Waals surface area contributed by atoms with E-state index in [9.17, 15) is 0 Å². The number of rotatable bonds is 0. The highest BCUT2D eigenvalue weighted by Gasteiger charge is 2.31. The molecular weight excluding hydrogens is 144 g/mol. The second-order valence-corrected chi connectivity index (χ2v) is 4.20. The van der Waals surface area contributed by atoms with Crippen molar-refractivity contribution >= 4 is 5.57 Å². The zero-order valence-electron chi connectivity index (χ0n) is 7.72. The number of hydrogen-bond acceptors (Lipinski definition) is 0. The standard InChI is InChI=1S/C12H14/c1-9-11-7-5-4-6-10(11)8-12(9,2)3/h4-7H,1,8H2,2-3H3. The SMILES string of the molecule is C=C1c2ccccc2CC1(C)C. The van der Waals surface area contributed by atoms with Gasteiger partial charge in [-0.25, -0.2) is 0 Å². The molecule has 0 heterocycles. The Morgan fingerprint density at radius 2 is 1.92 bits per heavy atom. The highest BCUT2D eigenvalue weighted by Crippen LogP contribution is 2.44. The monoisotopic (exact) mass is 158 g/mol. The molecule has 0 fully saturated rings. The van der Waals surface area contributed by atoms with Crippen molar-refractivity contribution in [1.82, 2.24) is 0 Å². The Hall–Kier alpha value is -1.04. The van der Waals surface area contributed by atoms with Crippen LogP contribution in [0.4, 0.5) is 0 Å². The molecule has 1 aromatic carbocycles. The molecule has 0 bridgehead atoms. The topological polar surface area (TPSA) is 0 Å². The van der Waals surface area contributed by atoms with Gasteiger partial charge in [0, 0.05) is 0 Å². The maximum atomic E-state index is 4.15. The van der Waals surface area contributed by atoms with E-state index in [0.717, 1.165) is 6.42 Å². The van der Waals surface area contributed by atoms with Crippen molar-refractivity contribution in [3.05, 3.63) is 42.0 Å². The van der Waals surface area contributed by atoms with E-state index in [1.54, 1.807) is 0 Å². The fourth-order valence-corrected chi connectivity index (χ4v) is 1.92. The van der Waals surface area contributed by atoms with Crippen molar-refractivity contribution in [3.63, 3.8) is 0 Å². The summed E-state index contributed by atoms with van der Waals surface area (Å²) >= 11 is 0. The van der Waals surface area contributed by atoms with Gasteiger partial charge < -0.3 is 0 Å². The summed E-state index contributed by atoms with van der Waals surface area (Å²) in [5, 5.41) is 0. The molecule has 1 aromatic rings. The van der Waals surface area contributed by atoms with E-state index < -0.39 is 0 Å². The molecule has 2 rings (SSSR count). The van der Waals surface area contributed by atoms with E-state index in [2.05, 4.69) is 44.7 Å². The Labute approximate surface area is 73.9 Å². The lowest BCUT2D eigenvalue weighted by atomic mass is 9.86. The molecule has 0 N–H and O–H groups in total. The predicted octanol–water partition coefficient (Wildman–Crippen LogP) is 3.28. The summed E-state index contributed by atoms with van der Waals surface area (Å²) in [5.41, 5.74) is 4.37. The lowest BCUT2D eigenvalue weighted by Crippen LogP contribution is -2.08. The summed E-state index contributed by atoms with van der Waals surface area (Å²) in [5.74, 6) is 0. The highest BCUT2D eigenvalue weighted by molar-refractivity contribution is 5.74. The van der Waals surface area contributed by atoms with Gasteiger partial charge in [0.2, 0.25) is 0 Å². The van der Waals surface area contributed by atoms with Crippen LogP contribution in [0, 0.1) is 5.41 Å². The van der Waals surface area contributed by atoms with Crippen LogP contribution >= 0.6 is 0 Å². The third-order valence-electron chi connectivity index (χ3n) is 2.79. The van der Waals surface area contributed by atoms with Gasteiger partial charge in [0.15, 0.2) is 0 Å². The van der Waals surface area contributed by atoms with Gasteiger partial charge in [0.1, 0.15) is 0 Å². The summed E-state index contributed by atoms with van der Waals surface area (Å²) in [6, 6.07) is 8.57. The van der Waals surface area contributed by atoms with Gasteiger partial charge in [-0.2, -0.15) is 0 Å². The molecule has 0 aromatic heterocycles. The van der Waals surface area contributed by atoms with Gasteiger partial charge in [0.25, 0.3) is 0 Å². The molecule has 1 aliphatic rings. The predicted molar refractivity (Wildman–Crippen MR) is 53.0 cm³/mol. The molecule has 0 atom stereocenters. The molecule has 0 amide bonds. The molecule has 0 heteroatoms. The van der Waals surface area contributed by atoms with E-state index in [1.807, 2.05) is 0 Å². The normalized spacial score (nSPS) is 19.3. The number of hydrogen-bond donors (Lipinski definition) is 0. The van der Waals surface area contributed by atoms with Gasteiger partial charge >= 0.3 is 0 Å². The Morgan fingerprint density at radius 1 is 1.25 bits per heavy atom. The molecule has 0 aliphatic heterocycles. The van der Waals surface area contributed by atoms with Gasteiger partial charge in [-0.05, 0) is 28.5 Å². The Bertz CT molecular complexity index is 332. The van der Waals surface area contributed by atoms with Crippen LogP contribution in [0.1, 0.15) is 25.0 Å². The Morgan fingerprint density at radius 3 is 2.58 bits per heavy atom. The first-order chi connectivity index (χ1) is 5.61. The van der Waals surface area contributed by atoms with E-state index in [4.69, 9.17) is 0 Å². The minimum Gasteiger partial charge on any atom is -0.0947 e. The fourth-order valence-electron chi connectivity index (χ4n) is 1.92. The maximum absolute atomic E-state index is 4.15. The number of allylic oxidation sites excluding steroid dienone is 1. The fraction of sp³-hybridized carbons (Fsp3) is 0.333. The van der Waals surface area contributed by atoms with Crippen LogP contribution in [-0.4, -0.2) is 0 Å². The quantitative estimate of drug-likeness (QED) is 0.543. The molecule has 0 radical (unpaired) electrons. The molecule has 1 aliphatic carbocycles. The van der Waals surface area contributed by atoms with Crippen LogP contribution in [0.2, 0.25) is 0 Å². The first-order valence-electron chi connectivity index (χ1n) is 4.39. The number of benzene rings is 1. The van der Waals surface area contributed by atoms with Crippen LogP contribution < -0.4 is 0 Å². The Balaban J connectivity index is 2.57. The summed E-state index contributed by atoms with van der Waals surface area (Å²) < 4.78 is 0. The van der Waals surface area contributed by atoms with Gasteiger partial charge in [-0.1, -0.05) is 44.7 Å². The zero-order valence-corrected chi connectivity index (χ0v) is 7.72. The summed E-state index contributed by atoms with van der Waals surface area (Å²) in [7, 11) is 0. The van der Waals surface area contributed by atoms with E-state index in [1.165, 1.54) is 16.7 Å². The van der Waals surface area contributed by atoms with E-state index >= 15 is 0 Å². The third kappa shape index (κ3) is 0.911. The second-order valence-electron chi connectivity index (χ2n) is 4.20. The molecule has 62 valence electrons. The van der Waals surface area contributed by atoms with Crippen molar-refractivity contribution in [3.8, 4) is 0 Å². The zero-order chi connectivity index (χ0) is 8.77. The number of fused-ring (bicyclic) bond motifs is 1. The molecule has 0 spiro atoms. The molecule has 0 nitrogen and oxygen atoms in total. The van der Waals surface area contributed by atoms with Gasteiger partial charge in [-0.15, -0.1) is 0 Å². The second kappa shape index (κ2) is 2.22. The lowest BCUT2D eigenvalue weighted by molar-refractivity contribution is 0.521. The minimum atomic E-state index is 0.268. The molecule has 0 unspecified atom stereocenters. The van der Waals surface area contributed by atoms with Crippen molar-refractivity contribution in [2.24, 2.45) is 5.41 Å². The van der Waals surface area contributed by atoms with Crippen LogP contribution in [0.25, 0.3) is 5.57 Å². The van der Waals surface area contributed by atoms with Crippen LogP contribution in [-0.2, 0) is 6.42 Å². The molecule has 0 saturated carbocycles. The first-order valence-corrected chi connectivity index (χ1v) is 4.39. The molecule has 12 heavy (non-hydrogen) atoms. The average molecular weight is 158 g/mol. The maximum Gasteiger partial charge on any atom is -0.00628 e. The van der Waals surface area contributed by atoms with Crippen molar-refractivity contribution in [2.75, 3.05) is 0 Å². The summed E-state index contributed by atoms with van der Waals surface area (Å²) in [6.07, 6.45) is 1.14. The first kappa shape index (κ1) is 7.60. The van der Waals surface area contributed by atoms with Gasteiger partial charge in [-0.3, -0.25) is 0 Å². The molecule has 0 saturated heterocycles. The van der Waals surface area contributed by atoms with Crippen molar-refractivity contribution < 1.29 is 0 Å². The van der Waals surface area contributed by atoms with Crippen LogP contribution in [0.3, 0.4) is 0 Å². The average Bonchev–Trinajstić information content (AvgIpc) is 2.24. The van der Waals surface area contributed by atoms with E-state index in [0.29, 0.717) is 0 Å².